The lowest BCUT2D eigenvalue weighted by Gasteiger charge is -2.06. The van der Waals surface area contributed by atoms with Gasteiger partial charge in [-0.3, -0.25) is 0 Å². The molecule has 7 heteroatoms. The Morgan fingerprint density at radius 3 is 2.63 bits per heavy atom. The van der Waals surface area contributed by atoms with Gasteiger partial charge in [0.25, 0.3) is 0 Å². The summed E-state index contributed by atoms with van der Waals surface area (Å²) < 4.78 is 9.44. The van der Waals surface area contributed by atoms with Gasteiger partial charge in [-0.15, -0.1) is 12.6 Å². The van der Waals surface area contributed by atoms with Crippen molar-refractivity contribution >= 4 is 66.9 Å². The van der Waals surface area contributed by atoms with E-state index in [1.807, 2.05) is 31.2 Å². The standard InChI is InChI=1S/C11H12BrNOS.C9H9BrN2/c1-14-7-6-13-5-4-8-9(12)2-3-10(15)11(8)13;1-5-2-3-7(10)6-4-8(11)12-9(5)6/h2-5,15H,6-7H2,1H3;2-3H,4H2,1H3,(H2,11,12). The number of fused-ring (bicyclic) bond motifs is 2. The Morgan fingerprint density at radius 2 is 1.93 bits per heavy atom. The molecule has 0 radical (unpaired) electrons. The van der Waals surface area contributed by atoms with E-state index in [1.165, 1.54) is 16.5 Å². The van der Waals surface area contributed by atoms with Crippen LogP contribution in [0, 0.1) is 6.92 Å². The molecule has 0 saturated carbocycles. The summed E-state index contributed by atoms with van der Waals surface area (Å²) in [6, 6.07) is 10.2. The summed E-state index contributed by atoms with van der Waals surface area (Å²) in [6.07, 6.45) is 2.84. The minimum absolute atomic E-state index is 0.708. The third-order valence-electron chi connectivity index (χ3n) is 4.43. The van der Waals surface area contributed by atoms with Gasteiger partial charge < -0.3 is 15.0 Å². The highest BCUT2D eigenvalue weighted by molar-refractivity contribution is 9.11. The molecule has 0 atom stereocenters. The average Bonchev–Trinajstić information content (AvgIpc) is 3.25. The minimum Gasteiger partial charge on any atom is -0.387 e. The molecule has 3 aromatic rings. The van der Waals surface area contributed by atoms with E-state index in [1.54, 1.807) is 7.11 Å². The Kier molecular flexibility index (Phi) is 6.68. The quantitative estimate of drug-likeness (QED) is 0.448. The summed E-state index contributed by atoms with van der Waals surface area (Å²) in [6.45, 7) is 3.61. The maximum absolute atomic E-state index is 5.65. The number of nitrogens with two attached hydrogens (primary N) is 1. The molecule has 2 N–H and O–H groups in total. The number of ether oxygens (including phenoxy) is 1. The van der Waals surface area contributed by atoms with Crippen molar-refractivity contribution < 1.29 is 4.74 Å². The molecule has 4 nitrogen and oxygen atoms in total. The van der Waals surface area contributed by atoms with Crippen molar-refractivity contribution in [3.8, 4) is 0 Å². The fourth-order valence-electron chi connectivity index (χ4n) is 3.06. The number of thiol groups is 1. The summed E-state index contributed by atoms with van der Waals surface area (Å²) in [7, 11) is 1.71. The van der Waals surface area contributed by atoms with Crippen LogP contribution in [0.25, 0.3) is 10.9 Å². The maximum Gasteiger partial charge on any atom is 0.104 e. The molecule has 2 aromatic carbocycles. The van der Waals surface area contributed by atoms with Crippen LogP contribution in [0.4, 0.5) is 5.69 Å². The Balaban J connectivity index is 0.000000159. The first kappa shape index (κ1) is 20.5. The first-order chi connectivity index (χ1) is 12.9. The van der Waals surface area contributed by atoms with Gasteiger partial charge >= 0.3 is 0 Å². The number of aliphatic imine (C=N–C) groups is 1. The third kappa shape index (κ3) is 4.42. The van der Waals surface area contributed by atoms with Crippen LogP contribution in [0.5, 0.6) is 0 Å². The highest BCUT2D eigenvalue weighted by Gasteiger charge is 2.16. The lowest BCUT2D eigenvalue weighted by Crippen LogP contribution is -2.09. The molecule has 0 amide bonds. The second-order valence-corrected chi connectivity index (χ2v) is 8.49. The van der Waals surface area contributed by atoms with Gasteiger partial charge in [-0.05, 0) is 42.3 Å². The van der Waals surface area contributed by atoms with Crippen LogP contribution in [-0.2, 0) is 17.7 Å². The monoisotopic (exact) mass is 509 g/mol. The van der Waals surface area contributed by atoms with Crippen molar-refractivity contribution in [2.75, 3.05) is 13.7 Å². The van der Waals surface area contributed by atoms with E-state index in [0.717, 1.165) is 38.0 Å². The van der Waals surface area contributed by atoms with Gasteiger partial charge in [-0.1, -0.05) is 37.9 Å². The van der Waals surface area contributed by atoms with E-state index in [4.69, 9.17) is 10.5 Å². The summed E-state index contributed by atoms with van der Waals surface area (Å²) in [5, 5.41) is 1.19. The highest BCUT2D eigenvalue weighted by Crippen LogP contribution is 2.34. The van der Waals surface area contributed by atoms with Crippen molar-refractivity contribution in [1.29, 1.82) is 0 Å². The predicted octanol–water partition coefficient (Wildman–Crippen LogP) is 5.64. The molecule has 142 valence electrons. The number of benzene rings is 2. The number of aryl methyl sites for hydroxylation is 1. The van der Waals surface area contributed by atoms with E-state index >= 15 is 0 Å². The molecule has 4 rings (SSSR count). The van der Waals surface area contributed by atoms with Gasteiger partial charge in [0.15, 0.2) is 0 Å². The van der Waals surface area contributed by atoms with Crippen molar-refractivity contribution in [3.63, 3.8) is 0 Å². The second-order valence-electron chi connectivity index (χ2n) is 6.30. The van der Waals surface area contributed by atoms with E-state index in [9.17, 15) is 0 Å². The van der Waals surface area contributed by atoms with Crippen LogP contribution in [-0.4, -0.2) is 24.1 Å². The zero-order valence-corrected chi connectivity index (χ0v) is 19.2. The molecule has 27 heavy (non-hydrogen) atoms. The molecule has 1 aromatic heterocycles. The number of aromatic nitrogens is 1. The summed E-state index contributed by atoms with van der Waals surface area (Å²) in [5.41, 5.74) is 10.3. The van der Waals surface area contributed by atoms with Crippen molar-refractivity contribution in [2.45, 2.75) is 24.8 Å². The summed E-state index contributed by atoms with van der Waals surface area (Å²) in [4.78, 5) is 5.27. The first-order valence-electron chi connectivity index (χ1n) is 8.48. The van der Waals surface area contributed by atoms with Crippen molar-refractivity contribution in [1.82, 2.24) is 4.57 Å². The molecule has 1 aliphatic rings. The zero-order chi connectivity index (χ0) is 19.6. The van der Waals surface area contributed by atoms with Crippen LogP contribution in [0.2, 0.25) is 0 Å². The van der Waals surface area contributed by atoms with Crippen LogP contribution in [0.1, 0.15) is 11.1 Å². The third-order valence-corrected chi connectivity index (χ3v) is 6.22. The van der Waals surface area contributed by atoms with Crippen LogP contribution >= 0.6 is 44.5 Å². The Morgan fingerprint density at radius 1 is 1.19 bits per heavy atom. The maximum atomic E-state index is 5.65. The molecule has 0 saturated heterocycles. The fraction of sp³-hybridized carbons (Fsp3) is 0.250. The molecule has 0 bridgehead atoms. The summed E-state index contributed by atoms with van der Waals surface area (Å²) in [5.74, 6) is 0.708. The molecule has 0 unspecified atom stereocenters. The number of hydrogen-bond donors (Lipinski definition) is 2. The van der Waals surface area contributed by atoms with Gasteiger partial charge in [-0.2, -0.15) is 0 Å². The van der Waals surface area contributed by atoms with Gasteiger partial charge in [0, 0.05) is 45.5 Å². The van der Waals surface area contributed by atoms with Crippen LogP contribution in [0.3, 0.4) is 0 Å². The first-order valence-corrected chi connectivity index (χ1v) is 10.5. The number of amidine groups is 1. The largest absolute Gasteiger partial charge is 0.387 e. The number of rotatable bonds is 3. The Labute approximate surface area is 181 Å². The normalized spacial score (nSPS) is 12.6. The Bertz CT molecular complexity index is 1010. The molecule has 0 spiro atoms. The number of halogens is 2. The molecule has 0 fully saturated rings. The zero-order valence-electron chi connectivity index (χ0n) is 15.2. The highest BCUT2D eigenvalue weighted by atomic mass is 79.9. The van der Waals surface area contributed by atoms with Gasteiger partial charge in [0.05, 0.1) is 17.8 Å². The van der Waals surface area contributed by atoms with Crippen molar-refractivity contribution in [2.24, 2.45) is 10.7 Å². The van der Waals surface area contributed by atoms with Gasteiger partial charge in [0.1, 0.15) is 5.84 Å². The SMILES string of the molecule is COCCn1ccc2c(Br)ccc(S)c21.Cc1ccc(Br)c2c1N=C(N)C2. The number of hydrogen-bond acceptors (Lipinski definition) is 4. The average molecular weight is 511 g/mol. The Hall–Kier alpha value is -1.28. The smallest absolute Gasteiger partial charge is 0.104 e. The van der Waals surface area contributed by atoms with Gasteiger partial charge in [-0.25, -0.2) is 4.99 Å². The number of methoxy groups -OCH3 is 1. The predicted molar refractivity (Wildman–Crippen MR) is 123 cm³/mol. The lowest BCUT2D eigenvalue weighted by atomic mass is 10.1. The van der Waals surface area contributed by atoms with E-state index in [-0.39, 0.29) is 0 Å². The minimum atomic E-state index is 0.708. The molecular formula is C20H21Br2N3OS. The second kappa shape index (κ2) is 8.82. The van der Waals surface area contributed by atoms with Crippen LogP contribution in [0.15, 0.2) is 55.4 Å². The van der Waals surface area contributed by atoms with E-state index in [2.05, 4.69) is 66.3 Å². The van der Waals surface area contributed by atoms with Gasteiger partial charge in [0.2, 0.25) is 0 Å². The summed E-state index contributed by atoms with van der Waals surface area (Å²) >= 11 is 11.5. The van der Waals surface area contributed by atoms with E-state index in [0.29, 0.717) is 12.4 Å². The topological polar surface area (TPSA) is 52.5 Å². The van der Waals surface area contributed by atoms with E-state index < -0.39 is 0 Å². The lowest BCUT2D eigenvalue weighted by molar-refractivity contribution is 0.188. The molecule has 2 heterocycles. The fourth-order valence-corrected chi connectivity index (χ4v) is 4.30. The number of nitrogens with zero attached hydrogens (tertiary/aromatic N) is 2. The van der Waals surface area contributed by atoms with Crippen molar-refractivity contribution in [3.05, 3.63) is 56.6 Å². The molecule has 1 aliphatic heterocycles. The molecule has 0 aliphatic carbocycles. The van der Waals surface area contributed by atoms with Crippen LogP contribution < -0.4 is 5.73 Å². The molecular weight excluding hydrogens is 490 g/mol.